The normalized spacial score (nSPS) is 14.6. The second kappa shape index (κ2) is 8.78. The van der Waals surface area contributed by atoms with Gasteiger partial charge in [0.05, 0.1) is 0 Å². The van der Waals surface area contributed by atoms with Crippen LogP contribution in [0.15, 0.2) is 6.07 Å². The lowest BCUT2D eigenvalue weighted by molar-refractivity contribution is -0.129. The number of amides is 2. The quantitative estimate of drug-likeness (QED) is 0.784. The molecule has 0 radical (unpaired) electrons. The van der Waals surface area contributed by atoms with E-state index in [0.717, 1.165) is 44.8 Å². The van der Waals surface area contributed by atoms with Crippen LogP contribution in [0.25, 0.3) is 0 Å². The van der Waals surface area contributed by atoms with Crippen molar-refractivity contribution in [1.82, 2.24) is 19.8 Å². The van der Waals surface area contributed by atoms with Crippen LogP contribution < -0.4 is 4.90 Å². The van der Waals surface area contributed by atoms with Crippen LogP contribution in [0.5, 0.6) is 0 Å². The smallest absolute Gasteiger partial charge is 0.272 e. The van der Waals surface area contributed by atoms with Gasteiger partial charge in [0.15, 0.2) is 0 Å². The highest BCUT2D eigenvalue weighted by Gasteiger charge is 2.22. The summed E-state index contributed by atoms with van der Waals surface area (Å²) < 4.78 is 0. The standard InChI is InChI=1S/C18H29N5O2/c1-5-7-23(8-6-2)18(25)16-13-17(20-14(3)19-16)22-11-9-21(10-12-22)15(4)24/h13H,5-12H2,1-4H3. The molecular weight excluding hydrogens is 318 g/mol. The number of carbonyl (C=O) groups excluding carboxylic acids is 2. The number of aryl methyl sites for hydroxylation is 1. The number of aromatic nitrogens is 2. The molecule has 2 heterocycles. The Kier molecular flexibility index (Phi) is 6.73. The molecule has 0 unspecified atom stereocenters. The number of rotatable bonds is 6. The van der Waals surface area contributed by atoms with Gasteiger partial charge in [0, 0.05) is 52.3 Å². The molecule has 0 aliphatic carbocycles. The molecule has 2 amide bonds. The Morgan fingerprint density at radius 2 is 1.68 bits per heavy atom. The molecule has 2 rings (SSSR count). The molecule has 0 saturated carbocycles. The van der Waals surface area contributed by atoms with Crippen LogP contribution in [0.2, 0.25) is 0 Å². The van der Waals surface area contributed by atoms with Crippen molar-refractivity contribution in [2.24, 2.45) is 0 Å². The third-order valence-corrected chi connectivity index (χ3v) is 4.37. The van der Waals surface area contributed by atoms with E-state index < -0.39 is 0 Å². The van der Waals surface area contributed by atoms with Crippen LogP contribution in [-0.2, 0) is 4.79 Å². The van der Waals surface area contributed by atoms with Crippen molar-refractivity contribution < 1.29 is 9.59 Å². The fraction of sp³-hybridized carbons (Fsp3) is 0.667. The summed E-state index contributed by atoms with van der Waals surface area (Å²) in [6, 6.07) is 1.79. The van der Waals surface area contributed by atoms with Crippen molar-refractivity contribution >= 4 is 17.6 Å². The summed E-state index contributed by atoms with van der Waals surface area (Å²) in [5.41, 5.74) is 0.457. The molecule has 1 aromatic rings. The van der Waals surface area contributed by atoms with Gasteiger partial charge in [-0.25, -0.2) is 9.97 Å². The zero-order chi connectivity index (χ0) is 18.4. The Labute approximate surface area is 150 Å². The van der Waals surface area contributed by atoms with E-state index in [1.165, 1.54) is 0 Å². The van der Waals surface area contributed by atoms with Crippen LogP contribution in [0.4, 0.5) is 5.82 Å². The van der Waals surface area contributed by atoms with E-state index >= 15 is 0 Å². The predicted octanol–water partition coefficient (Wildman–Crippen LogP) is 1.72. The highest BCUT2D eigenvalue weighted by atomic mass is 16.2. The Morgan fingerprint density at radius 1 is 1.08 bits per heavy atom. The van der Waals surface area contributed by atoms with Crippen molar-refractivity contribution in [3.8, 4) is 0 Å². The third kappa shape index (κ3) is 4.90. The first-order valence-corrected chi connectivity index (χ1v) is 9.11. The zero-order valence-electron chi connectivity index (χ0n) is 15.8. The van der Waals surface area contributed by atoms with Crippen molar-refractivity contribution in [1.29, 1.82) is 0 Å². The molecule has 1 aromatic heterocycles. The van der Waals surface area contributed by atoms with E-state index in [1.807, 2.05) is 16.7 Å². The van der Waals surface area contributed by atoms with Gasteiger partial charge in [-0.05, 0) is 19.8 Å². The molecule has 7 nitrogen and oxygen atoms in total. The van der Waals surface area contributed by atoms with Gasteiger partial charge in [-0.15, -0.1) is 0 Å². The Morgan fingerprint density at radius 3 is 2.20 bits per heavy atom. The highest BCUT2D eigenvalue weighted by molar-refractivity contribution is 5.93. The first-order valence-electron chi connectivity index (χ1n) is 9.11. The maximum atomic E-state index is 12.8. The fourth-order valence-corrected chi connectivity index (χ4v) is 3.09. The summed E-state index contributed by atoms with van der Waals surface area (Å²) in [6.45, 7) is 11.8. The van der Waals surface area contributed by atoms with Crippen molar-refractivity contribution in [3.63, 3.8) is 0 Å². The van der Waals surface area contributed by atoms with Crippen LogP contribution in [0, 0.1) is 6.92 Å². The van der Waals surface area contributed by atoms with Crippen LogP contribution in [0.1, 0.15) is 49.9 Å². The molecule has 138 valence electrons. The lowest BCUT2D eigenvalue weighted by atomic mass is 10.2. The second-order valence-corrected chi connectivity index (χ2v) is 6.44. The Balaban J connectivity index is 2.17. The first-order chi connectivity index (χ1) is 12.0. The van der Waals surface area contributed by atoms with Crippen molar-refractivity contribution in [2.45, 2.75) is 40.5 Å². The number of nitrogens with zero attached hydrogens (tertiary/aromatic N) is 5. The molecule has 0 aromatic carbocycles. The molecular formula is C18H29N5O2. The van der Waals surface area contributed by atoms with E-state index in [2.05, 4.69) is 28.7 Å². The molecule has 0 atom stereocenters. The molecule has 25 heavy (non-hydrogen) atoms. The van der Waals surface area contributed by atoms with Gasteiger partial charge >= 0.3 is 0 Å². The maximum absolute atomic E-state index is 12.8. The van der Waals surface area contributed by atoms with Gasteiger partial charge in [0.2, 0.25) is 5.91 Å². The molecule has 1 aliphatic heterocycles. The second-order valence-electron chi connectivity index (χ2n) is 6.44. The SMILES string of the molecule is CCCN(CCC)C(=O)c1cc(N2CCN(C(C)=O)CC2)nc(C)n1. The van der Waals surface area contributed by atoms with Gasteiger partial charge < -0.3 is 14.7 Å². The van der Waals surface area contributed by atoms with E-state index in [1.54, 1.807) is 13.0 Å². The number of carbonyl (C=O) groups is 2. The summed E-state index contributed by atoms with van der Waals surface area (Å²) in [5, 5.41) is 0. The Bertz CT molecular complexity index is 605. The lowest BCUT2D eigenvalue weighted by Gasteiger charge is -2.35. The number of hydrogen-bond acceptors (Lipinski definition) is 5. The molecule has 1 saturated heterocycles. The molecule has 0 N–H and O–H groups in total. The molecule has 0 bridgehead atoms. The van der Waals surface area contributed by atoms with Crippen LogP contribution >= 0.6 is 0 Å². The molecule has 1 aliphatic rings. The average molecular weight is 347 g/mol. The summed E-state index contributed by atoms with van der Waals surface area (Å²) in [4.78, 5) is 39.0. The number of piperazine rings is 1. The molecule has 1 fully saturated rings. The summed E-state index contributed by atoms with van der Waals surface area (Å²) in [7, 11) is 0. The monoisotopic (exact) mass is 347 g/mol. The maximum Gasteiger partial charge on any atom is 0.272 e. The number of hydrogen-bond donors (Lipinski definition) is 0. The van der Waals surface area contributed by atoms with Crippen LogP contribution in [-0.4, -0.2) is 70.9 Å². The topological polar surface area (TPSA) is 69.6 Å². The minimum absolute atomic E-state index is 0.0298. The largest absolute Gasteiger partial charge is 0.353 e. The predicted molar refractivity (Wildman–Crippen MR) is 97.7 cm³/mol. The molecule has 0 spiro atoms. The average Bonchev–Trinajstić information content (AvgIpc) is 2.60. The van der Waals surface area contributed by atoms with Gasteiger partial charge in [-0.1, -0.05) is 13.8 Å². The van der Waals surface area contributed by atoms with Crippen molar-refractivity contribution in [3.05, 3.63) is 17.6 Å². The summed E-state index contributed by atoms with van der Waals surface area (Å²) in [5.74, 6) is 1.44. The van der Waals surface area contributed by atoms with Crippen molar-refractivity contribution in [2.75, 3.05) is 44.2 Å². The van der Waals surface area contributed by atoms with E-state index in [-0.39, 0.29) is 11.8 Å². The van der Waals surface area contributed by atoms with Gasteiger partial charge in [0.25, 0.3) is 5.91 Å². The minimum atomic E-state index is -0.0298. The Hall–Kier alpha value is -2.18. The third-order valence-electron chi connectivity index (χ3n) is 4.37. The lowest BCUT2D eigenvalue weighted by Crippen LogP contribution is -2.48. The zero-order valence-corrected chi connectivity index (χ0v) is 15.8. The van der Waals surface area contributed by atoms with Gasteiger partial charge in [-0.2, -0.15) is 0 Å². The van der Waals surface area contributed by atoms with Crippen LogP contribution in [0.3, 0.4) is 0 Å². The summed E-state index contributed by atoms with van der Waals surface area (Å²) >= 11 is 0. The van der Waals surface area contributed by atoms with E-state index in [4.69, 9.17) is 0 Å². The van der Waals surface area contributed by atoms with Gasteiger partial charge in [-0.3, -0.25) is 9.59 Å². The van der Waals surface area contributed by atoms with E-state index in [9.17, 15) is 9.59 Å². The number of anilines is 1. The van der Waals surface area contributed by atoms with Gasteiger partial charge in [0.1, 0.15) is 17.3 Å². The highest BCUT2D eigenvalue weighted by Crippen LogP contribution is 2.17. The first kappa shape index (κ1) is 19.1. The minimum Gasteiger partial charge on any atom is -0.353 e. The summed E-state index contributed by atoms with van der Waals surface area (Å²) in [6.07, 6.45) is 1.85. The van der Waals surface area contributed by atoms with E-state index in [0.29, 0.717) is 24.6 Å². The fourth-order valence-electron chi connectivity index (χ4n) is 3.09. The molecule has 7 heteroatoms.